The molecule has 1 spiro atoms. The van der Waals surface area contributed by atoms with Crippen molar-refractivity contribution in [2.45, 2.75) is 46.0 Å². The van der Waals surface area contributed by atoms with E-state index in [4.69, 9.17) is 9.97 Å². The lowest BCUT2D eigenvalue weighted by atomic mass is 9.86. The van der Waals surface area contributed by atoms with Crippen LogP contribution in [0.2, 0.25) is 0 Å². The van der Waals surface area contributed by atoms with Crippen LogP contribution in [0, 0.1) is 12.3 Å². The third kappa shape index (κ3) is 5.08. The molecule has 2 aromatic heterocycles. The molecule has 3 aromatic rings. The highest BCUT2D eigenvalue weighted by atomic mass is 32.1. The number of carbonyl (C=O) groups excluding carboxylic acids is 2. The van der Waals surface area contributed by atoms with Crippen molar-refractivity contribution >= 4 is 65.2 Å². The minimum Gasteiger partial charge on any atom is -0.352 e. The predicted octanol–water partition coefficient (Wildman–Crippen LogP) is 4.00. The number of nitrogens with one attached hydrogen (secondary N) is 2. The first-order valence-electron chi connectivity index (χ1n) is 13.9. The Labute approximate surface area is 231 Å². The summed E-state index contributed by atoms with van der Waals surface area (Å²) in [6.07, 6.45) is 5.72. The number of carbonyl (C=O) groups is 2. The Morgan fingerprint density at radius 3 is 2.08 bits per heavy atom. The second-order valence-corrected chi connectivity index (χ2v) is 13.1. The molecule has 0 aliphatic carbocycles. The van der Waals surface area contributed by atoms with Crippen LogP contribution in [-0.4, -0.2) is 95.4 Å². The summed E-state index contributed by atoms with van der Waals surface area (Å²) >= 11 is 3.15. The van der Waals surface area contributed by atoms with Gasteiger partial charge < -0.3 is 25.3 Å². The smallest absolute Gasteiger partial charge is 0.241 e. The standard InChI is InChI=1S/C27H37N7O2S2/c1-3-32-11-7-27(16-32)8-12-34(17-27)22(36)15-29-26-31-24-18(2)23-19(13-20(24)38-26)37-25(30-23)28-14-21(35)33-9-5-4-6-10-33/h13H,3-12,14-17H2,1-2H3,(H,28,30)(H,29,31). The summed E-state index contributed by atoms with van der Waals surface area (Å²) in [4.78, 5) is 41.6. The summed E-state index contributed by atoms with van der Waals surface area (Å²) in [7, 11) is 0. The Hall–Kier alpha value is -2.50. The molecule has 1 atom stereocenters. The number of piperidine rings is 1. The topological polar surface area (TPSA) is 93.7 Å². The second-order valence-electron chi connectivity index (χ2n) is 11.1. The number of hydrogen-bond acceptors (Lipinski definition) is 9. The van der Waals surface area contributed by atoms with Crippen molar-refractivity contribution in [2.24, 2.45) is 5.41 Å². The van der Waals surface area contributed by atoms with Crippen LogP contribution in [0.15, 0.2) is 6.07 Å². The van der Waals surface area contributed by atoms with Gasteiger partial charge in [0.1, 0.15) is 0 Å². The molecule has 0 radical (unpaired) electrons. The van der Waals surface area contributed by atoms with Gasteiger partial charge in [-0.05, 0) is 58.2 Å². The maximum Gasteiger partial charge on any atom is 0.241 e. The van der Waals surface area contributed by atoms with Gasteiger partial charge in [-0.2, -0.15) is 0 Å². The zero-order chi connectivity index (χ0) is 26.3. The van der Waals surface area contributed by atoms with Crippen LogP contribution in [0.4, 0.5) is 10.3 Å². The molecule has 11 heteroatoms. The van der Waals surface area contributed by atoms with Crippen LogP contribution in [-0.2, 0) is 9.59 Å². The summed E-state index contributed by atoms with van der Waals surface area (Å²) in [5.74, 6) is 0.300. The highest BCUT2D eigenvalue weighted by Gasteiger charge is 2.44. The number of benzene rings is 1. The van der Waals surface area contributed by atoms with E-state index < -0.39 is 0 Å². The largest absolute Gasteiger partial charge is 0.352 e. The van der Waals surface area contributed by atoms with Crippen molar-refractivity contribution < 1.29 is 9.59 Å². The molecule has 0 bridgehead atoms. The summed E-state index contributed by atoms with van der Waals surface area (Å²) in [5, 5.41) is 8.07. The first-order chi connectivity index (χ1) is 18.4. The zero-order valence-electron chi connectivity index (χ0n) is 22.3. The number of anilines is 2. The van der Waals surface area contributed by atoms with Gasteiger partial charge in [0.25, 0.3) is 0 Å². The Balaban J connectivity index is 1.08. The maximum absolute atomic E-state index is 13.0. The van der Waals surface area contributed by atoms with Gasteiger partial charge in [0.15, 0.2) is 10.3 Å². The molecule has 2 amide bonds. The normalized spacial score (nSPS) is 22.3. The van der Waals surface area contributed by atoms with Gasteiger partial charge in [0, 0.05) is 43.7 Å². The SMILES string of the molecule is CCN1CCC2(CCN(C(=O)CNc3nc4c(C)c5nc(NCC(=O)N6CCCCC6)sc5cc4s3)C2)C1. The number of amides is 2. The molecule has 3 saturated heterocycles. The van der Waals surface area contributed by atoms with Crippen LogP contribution >= 0.6 is 22.7 Å². The zero-order valence-corrected chi connectivity index (χ0v) is 24.0. The van der Waals surface area contributed by atoms with Crippen LogP contribution in [0.1, 0.15) is 44.6 Å². The van der Waals surface area contributed by atoms with Crippen molar-refractivity contribution in [1.82, 2.24) is 24.7 Å². The quantitative estimate of drug-likeness (QED) is 0.455. The molecule has 1 unspecified atom stereocenters. The van der Waals surface area contributed by atoms with Crippen molar-refractivity contribution in [3.05, 3.63) is 11.6 Å². The highest BCUT2D eigenvalue weighted by molar-refractivity contribution is 7.24. The molecular formula is C27H37N7O2S2. The van der Waals surface area contributed by atoms with Crippen LogP contribution in [0.25, 0.3) is 20.4 Å². The lowest BCUT2D eigenvalue weighted by molar-refractivity contribution is -0.130. The van der Waals surface area contributed by atoms with E-state index in [1.807, 2.05) is 16.7 Å². The van der Waals surface area contributed by atoms with E-state index in [0.717, 1.165) is 101 Å². The molecule has 1 aromatic carbocycles. The number of fused-ring (bicyclic) bond motifs is 2. The monoisotopic (exact) mass is 555 g/mol. The van der Waals surface area contributed by atoms with E-state index in [-0.39, 0.29) is 24.9 Å². The predicted molar refractivity (Wildman–Crippen MR) is 155 cm³/mol. The fraction of sp³-hybridized carbons (Fsp3) is 0.630. The summed E-state index contributed by atoms with van der Waals surface area (Å²) in [6, 6.07) is 2.13. The Morgan fingerprint density at radius 1 is 0.868 bits per heavy atom. The van der Waals surface area contributed by atoms with Gasteiger partial charge in [-0.25, -0.2) is 9.97 Å². The summed E-state index contributed by atoms with van der Waals surface area (Å²) in [5.41, 5.74) is 3.17. The lowest BCUT2D eigenvalue weighted by Gasteiger charge is -2.26. The van der Waals surface area contributed by atoms with E-state index >= 15 is 0 Å². The Bertz CT molecular complexity index is 1350. The third-order valence-electron chi connectivity index (χ3n) is 8.53. The minimum atomic E-state index is 0.142. The lowest BCUT2D eigenvalue weighted by Crippen LogP contribution is -2.39. The third-order valence-corrected chi connectivity index (χ3v) is 10.4. The van der Waals surface area contributed by atoms with E-state index in [9.17, 15) is 9.59 Å². The first-order valence-corrected chi connectivity index (χ1v) is 15.5. The average Bonchev–Trinajstić information content (AvgIpc) is 3.73. The molecular weight excluding hydrogens is 518 g/mol. The number of nitrogens with zero attached hydrogens (tertiary/aromatic N) is 5. The van der Waals surface area contributed by atoms with E-state index in [2.05, 4.69) is 28.5 Å². The summed E-state index contributed by atoms with van der Waals surface area (Å²) in [6.45, 7) is 11.7. The molecule has 3 fully saturated rings. The van der Waals surface area contributed by atoms with Gasteiger partial charge in [-0.1, -0.05) is 29.6 Å². The molecule has 204 valence electrons. The van der Waals surface area contributed by atoms with Crippen LogP contribution in [0.5, 0.6) is 0 Å². The minimum absolute atomic E-state index is 0.142. The Kier molecular flexibility index (Phi) is 7.17. The van der Waals surface area contributed by atoms with Crippen molar-refractivity contribution in [2.75, 3.05) is 69.5 Å². The number of rotatable bonds is 7. The maximum atomic E-state index is 13.0. The van der Waals surface area contributed by atoms with E-state index in [0.29, 0.717) is 5.41 Å². The Morgan fingerprint density at radius 2 is 1.47 bits per heavy atom. The van der Waals surface area contributed by atoms with E-state index in [1.54, 1.807) is 22.7 Å². The highest BCUT2D eigenvalue weighted by Crippen LogP contribution is 2.40. The number of likely N-dealkylation sites (tertiary alicyclic amines) is 3. The van der Waals surface area contributed by atoms with E-state index in [1.165, 1.54) is 12.8 Å². The van der Waals surface area contributed by atoms with Crippen LogP contribution < -0.4 is 10.6 Å². The molecule has 2 N–H and O–H groups in total. The van der Waals surface area contributed by atoms with Gasteiger partial charge >= 0.3 is 0 Å². The first kappa shape index (κ1) is 25.8. The molecule has 5 heterocycles. The summed E-state index contributed by atoms with van der Waals surface area (Å²) < 4.78 is 2.16. The fourth-order valence-electron chi connectivity index (χ4n) is 6.23. The van der Waals surface area contributed by atoms with Crippen molar-refractivity contribution in [3.63, 3.8) is 0 Å². The molecule has 3 aliphatic rings. The number of aryl methyl sites for hydroxylation is 1. The second kappa shape index (κ2) is 10.6. The number of aromatic nitrogens is 2. The van der Waals surface area contributed by atoms with Gasteiger partial charge in [-0.3, -0.25) is 9.59 Å². The van der Waals surface area contributed by atoms with Gasteiger partial charge in [0.2, 0.25) is 11.8 Å². The fourth-order valence-corrected chi connectivity index (χ4v) is 8.23. The van der Waals surface area contributed by atoms with Gasteiger partial charge in [-0.15, -0.1) is 0 Å². The molecule has 3 aliphatic heterocycles. The molecule has 6 rings (SSSR count). The number of hydrogen-bond donors (Lipinski definition) is 2. The number of thiazole rings is 2. The molecule has 38 heavy (non-hydrogen) atoms. The van der Waals surface area contributed by atoms with Gasteiger partial charge in [0.05, 0.1) is 33.5 Å². The van der Waals surface area contributed by atoms with Crippen molar-refractivity contribution in [3.8, 4) is 0 Å². The van der Waals surface area contributed by atoms with Crippen molar-refractivity contribution in [1.29, 1.82) is 0 Å². The average molecular weight is 556 g/mol. The molecule has 9 nitrogen and oxygen atoms in total. The van der Waals surface area contributed by atoms with Crippen LogP contribution in [0.3, 0.4) is 0 Å². The molecule has 0 saturated carbocycles.